The highest BCUT2D eigenvalue weighted by molar-refractivity contribution is 7.89. The maximum absolute atomic E-state index is 12.3. The van der Waals surface area contributed by atoms with E-state index in [9.17, 15) is 8.42 Å². The average molecular weight is 285 g/mol. The molecule has 8 heteroatoms. The number of sulfonamides is 1. The third-order valence-corrected chi connectivity index (χ3v) is 4.93. The lowest BCUT2D eigenvalue weighted by Gasteiger charge is -2.25. The lowest BCUT2D eigenvalue weighted by atomic mass is 10.2. The van der Waals surface area contributed by atoms with Crippen molar-refractivity contribution < 1.29 is 23.1 Å². The molecule has 0 atom stereocenters. The van der Waals surface area contributed by atoms with Gasteiger partial charge in [-0.2, -0.15) is 4.31 Å². The maximum atomic E-state index is 12.3. The lowest BCUT2D eigenvalue weighted by molar-refractivity contribution is 0.288. The summed E-state index contributed by atoms with van der Waals surface area (Å²) in [6.45, 7) is 1.10. The van der Waals surface area contributed by atoms with Crippen LogP contribution in [0.15, 0.2) is 29.2 Å². The predicted octanol–water partition coefficient (Wildman–Crippen LogP) is 0.210. The van der Waals surface area contributed by atoms with Gasteiger partial charge in [-0.15, -0.1) is 0 Å². The van der Waals surface area contributed by atoms with Crippen molar-refractivity contribution in [2.45, 2.75) is 24.2 Å². The van der Waals surface area contributed by atoms with Gasteiger partial charge >= 0.3 is 7.32 Å². The first-order valence-electron chi connectivity index (χ1n) is 6.13. The van der Waals surface area contributed by atoms with Crippen LogP contribution < -0.4 is 4.65 Å². The molecular weight excluding hydrogens is 269 g/mol. The Balaban J connectivity index is 2.16. The molecule has 1 saturated heterocycles. The molecule has 2 N–H and O–H groups in total. The van der Waals surface area contributed by atoms with Crippen LogP contribution in [0.4, 0.5) is 0 Å². The third-order valence-electron chi connectivity index (χ3n) is 3.02. The lowest BCUT2D eigenvalue weighted by Crippen LogP contribution is -2.35. The third kappa shape index (κ3) is 3.47. The van der Waals surface area contributed by atoms with Crippen LogP contribution in [0, 0.1) is 0 Å². The predicted molar refractivity (Wildman–Crippen MR) is 69.9 cm³/mol. The van der Waals surface area contributed by atoms with Gasteiger partial charge in [0.15, 0.2) is 0 Å². The molecule has 2 rings (SSSR count). The Morgan fingerprint density at radius 1 is 1.05 bits per heavy atom. The van der Waals surface area contributed by atoms with Gasteiger partial charge < -0.3 is 14.7 Å². The molecule has 0 bridgehead atoms. The molecule has 1 aliphatic heterocycles. The molecule has 1 aromatic rings. The summed E-state index contributed by atoms with van der Waals surface area (Å²) in [5.41, 5.74) is 0. The summed E-state index contributed by atoms with van der Waals surface area (Å²) in [5, 5.41) is 17.3. The van der Waals surface area contributed by atoms with E-state index in [1.807, 2.05) is 0 Å². The molecule has 0 spiro atoms. The van der Waals surface area contributed by atoms with E-state index in [1.54, 1.807) is 0 Å². The largest absolute Gasteiger partial charge is 0.707 e. The van der Waals surface area contributed by atoms with E-state index in [0.717, 1.165) is 19.3 Å². The highest BCUT2D eigenvalue weighted by Crippen LogP contribution is 2.22. The normalized spacial score (nSPS) is 17.2. The fraction of sp³-hybridized carbons (Fsp3) is 0.455. The van der Waals surface area contributed by atoms with E-state index < -0.39 is 17.3 Å². The van der Waals surface area contributed by atoms with Gasteiger partial charge in [-0.25, -0.2) is 8.42 Å². The molecule has 1 aliphatic rings. The molecule has 19 heavy (non-hydrogen) atoms. The zero-order chi connectivity index (χ0) is 13.9. The van der Waals surface area contributed by atoms with Crippen LogP contribution in [0.3, 0.4) is 0 Å². The monoisotopic (exact) mass is 285 g/mol. The van der Waals surface area contributed by atoms with E-state index >= 15 is 0 Å². The smallest absolute Gasteiger partial charge is 0.512 e. The van der Waals surface area contributed by atoms with Crippen LogP contribution in [0.25, 0.3) is 0 Å². The Morgan fingerprint density at radius 3 is 2.16 bits per heavy atom. The van der Waals surface area contributed by atoms with Gasteiger partial charge in [0.25, 0.3) is 0 Å². The van der Waals surface area contributed by atoms with E-state index in [2.05, 4.69) is 4.65 Å². The summed E-state index contributed by atoms with van der Waals surface area (Å²) in [5.74, 6) is 0.201. The second-order valence-corrected chi connectivity index (χ2v) is 6.32. The van der Waals surface area contributed by atoms with Gasteiger partial charge in [0.2, 0.25) is 10.0 Å². The molecular formula is C11H16BNO5S. The highest BCUT2D eigenvalue weighted by atomic mass is 32.2. The quantitative estimate of drug-likeness (QED) is 0.772. The molecule has 1 aromatic carbocycles. The zero-order valence-corrected chi connectivity index (χ0v) is 11.2. The average Bonchev–Trinajstić information content (AvgIpc) is 2.40. The number of rotatable bonds is 4. The maximum Gasteiger partial charge on any atom is 0.707 e. The summed E-state index contributed by atoms with van der Waals surface area (Å²) in [6.07, 6.45) is 2.83. The van der Waals surface area contributed by atoms with Crippen molar-refractivity contribution in [3.8, 4) is 5.75 Å². The Bertz CT molecular complexity index is 510. The summed E-state index contributed by atoms with van der Waals surface area (Å²) < 4.78 is 30.7. The van der Waals surface area contributed by atoms with Crippen LogP contribution in [-0.4, -0.2) is 43.2 Å². The number of nitrogens with zero attached hydrogens (tertiary/aromatic N) is 1. The summed E-state index contributed by atoms with van der Waals surface area (Å²) in [6, 6.07) is 5.61. The number of hydrogen-bond donors (Lipinski definition) is 2. The topological polar surface area (TPSA) is 87.1 Å². The number of piperidine rings is 1. The van der Waals surface area contributed by atoms with Gasteiger partial charge in [-0.05, 0) is 37.1 Å². The highest BCUT2D eigenvalue weighted by Gasteiger charge is 2.25. The summed E-state index contributed by atoms with van der Waals surface area (Å²) in [7, 11) is -5.37. The molecule has 0 aliphatic carbocycles. The van der Waals surface area contributed by atoms with Crippen molar-refractivity contribution in [1.82, 2.24) is 4.31 Å². The molecule has 0 radical (unpaired) electrons. The van der Waals surface area contributed by atoms with Crippen molar-refractivity contribution in [3.63, 3.8) is 0 Å². The molecule has 0 aromatic heterocycles. The Labute approximate surface area is 112 Å². The van der Waals surface area contributed by atoms with Crippen molar-refractivity contribution in [3.05, 3.63) is 24.3 Å². The van der Waals surface area contributed by atoms with Gasteiger partial charge in [0, 0.05) is 13.1 Å². The number of benzene rings is 1. The SMILES string of the molecule is O=S(=O)(c1ccc(OB(O)O)cc1)N1CCCCC1. The van der Waals surface area contributed by atoms with E-state index in [4.69, 9.17) is 10.0 Å². The standard InChI is InChI=1S/C11H16BNO5S/c14-12(15)18-10-4-6-11(7-5-10)19(16,17)13-8-2-1-3-9-13/h4-7,14-15H,1-3,8-9H2. The van der Waals surface area contributed by atoms with Crippen molar-refractivity contribution >= 4 is 17.3 Å². The van der Waals surface area contributed by atoms with Gasteiger partial charge in [0.1, 0.15) is 5.75 Å². The first-order chi connectivity index (χ1) is 9.00. The van der Waals surface area contributed by atoms with Crippen LogP contribution >= 0.6 is 0 Å². The molecule has 1 heterocycles. The minimum atomic E-state index is -3.45. The van der Waals surface area contributed by atoms with Crippen LogP contribution in [0.5, 0.6) is 5.75 Å². The van der Waals surface area contributed by atoms with Crippen molar-refractivity contribution in [1.29, 1.82) is 0 Å². The van der Waals surface area contributed by atoms with Crippen molar-refractivity contribution in [2.75, 3.05) is 13.1 Å². The summed E-state index contributed by atoms with van der Waals surface area (Å²) in [4.78, 5) is 0.189. The summed E-state index contributed by atoms with van der Waals surface area (Å²) >= 11 is 0. The van der Waals surface area contributed by atoms with Crippen molar-refractivity contribution in [2.24, 2.45) is 0 Å². The second kappa shape index (κ2) is 5.91. The van der Waals surface area contributed by atoms with E-state index in [1.165, 1.54) is 28.6 Å². The Hall–Kier alpha value is -1.09. The molecule has 104 valence electrons. The first kappa shape index (κ1) is 14.3. The molecule has 0 saturated carbocycles. The van der Waals surface area contributed by atoms with Gasteiger partial charge in [0.05, 0.1) is 4.90 Å². The van der Waals surface area contributed by atoms with Gasteiger partial charge in [-0.1, -0.05) is 6.42 Å². The van der Waals surface area contributed by atoms with Crippen LogP contribution in [0.1, 0.15) is 19.3 Å². The van der Waals surface area contributed by atoms with E-state index in [0.29, 0.717) is 13.1 Å². The fourth-order valence-corrected chi connectivity index (χ4v) is 3.58. The Kier molecular flexibility index (Phi) is 4.46. The van der Waals surface area contributed by atoms with Gasteiger partial charge in [-0.3, -0.25) is 0 Å². The molecule has 0 unspecified atom stereocenters. The first-order valence-corrected chi connectivity index (χ1v) is 7.57. The van der Waals surface area contributed by atoms with E-state index in [-0.39, 0.29) is 10.6 Å². The Morgan fingerprint density at radius 2 is 1.63 bits per heavy atom. The number of hydrogen-bond acceptors (Lipinski definition) is 5. The molecule has 0 amide bonds. The van der Waals surface area contributed by atoms with Crippen LogP contribution in [-0.2, 0) is 10.0 Å². The minimum Gasteiger partial charge on any atom is -0.512 e. The molecule has 6 nitrogen and oxygen atoms in total. The zero-order valence-electron chi connectivity index (χ0n) is 10.4. The second-order valence-electron chi connectivity index (χ2n) is 4.38. The van der Waals surface area contributed by atoms with Crippen LogP contribution in [0.2, 0.25) is 0 Å². The fourth-order valence-electron chi connectivity index (χ4n) is 2.07. The minimum absolute atomic E-state index is 0.189. The molecule has 1 fully saturated rings.